The predicted octanol–water partition coefficient (Wildman–Crippen LogP) is 3.25. The number of nitrogens with one attached hydrogen (secondary N) is 1. The van der Waals surface area contributed by atoms with E-state index < -0.39 is 0 Å². The fourth-order valence-corrected chi connectivity index (χ4v) is 2.42. The first-order valence-electron chi connectivity index (χ1n) is 6.21. The molecule has 0 aliphatic rings. The van der Waals surface area contributed by atoms with E-state index in [-0.39, 0.29) is 5.91 Å². The smallest absolute Gasteiger partial charge is 0.287 e. The van der Waals surface area contributed by atoms with Crippen LogP contribution >= 0.6 is 11.8 Å². The van der Waals surface area contributed by atoms with E-state index >= 15 is 0 Å². The lowest BCUT2D eigenvalue weighted by Gasteiger charge is -2.04. The van der Waals surface area contributed by atoms with Gasteiger partial charge in [-0.1, -0.05) is 29.8 Å². The van der Waals surface area contributed by atoms with E-state index in [4.69, 9.17) is 4.42 Å². The van der Waals surface area contributed by atoms with Gasteiger partial charge in [0.1, 0.15) is 0 Å². The molecule has 0 bridgehead atoms. The van der Waals surface area contributed by atoms with Crippen LogP contribution < -0.4 is 5.32 Å². The van der Waals surface area contributed by atoms with Crippen LogP contribution in [0.4, 0.5) is 0 Å². The Kier molecular flexibility index (Phi) is 5.10. The number of benzene rings is 1. The van der Waals surface area contributed by atoms with Gasteiger partial charge in [0.05, 0.1) is 6.26 Å². The molecule has 0 saturated heterocycles. The largest absolute Gasteiger partial charge is 0.459 e. The highest BCUT2D eigenvalue weighted by Gasteiger charge is 2.06. The molecule has 1 aromatic carbocycles. The monoisotopic (exact) mass is 275 g/mol. The lowest BCUT2D eigenvalue weighted by atomic mass is 10.2. The van der Waals surface area contributed by atoms with Gasteiger partial charge in [-0.05, 0) is 24.6 Å². The highest BCUT2D eigenvalue weighted by Crippen LogP contribution is 2.12. The summed E-state index contributed by atoms with van der Waals surface area (Å²) in [5.41, 5.74) is 2.59. The van der Waals surface area contributed by atoms with Crippen molar-refractivity contribution in [2.24, 2.45) is 0 Å². The predicted molar refractivity (Wildman–Crippen MR) is 78.4 cm³/mol. The fraction of sp³-hybridized carbons (Fsp3) is 0.267. The van der Waals surface area contributed by atoms with Crippen molar-refractivity contribution in [1.82, 2.24) is 5.32 Å². The molecule has 19 heavy (non-hydrogen) atoms. The zero-order chi connectivity index (χ0) is 13.5. The van der Waals surface area contributed by atoms with Crippen molar-refractivity contribution in [3.05, 3.63) is 59.5 Å². The Bertz CT molecular complexity index is 505. The van der Waals surface area contributed by atoms with Gasteiger partial charge in [-0.3, -0.25) is 4.79 Å². The molecule has 2 aromatic rings. The number of furan rings is 1. The Balaban J connectivity index is 1.62. The van der Waals surface area contributed by atoms with Crippen molar-refractivity contribution in [3.8, 4) is 0 Å². The number of carbonyl (C=O) groups is 1. The molecule has 3 nitrogen and oxygen atoms in total. The molecule has 0 unspecified atom stereocenters. The molecule has 100 valence electrons. The van der Waals surface area contributed by atoms with Crippen molar-refractivity contribution in [3.63, 3.8) is 0 Å². The van der Waals surface area contributed by atoms with E-state index in [1.807, 2.05) is 0 Å². The van der Waals surface area contributed by atoms with Crippen LogP contribution in [0.25, 0.3) is 0 Å². The average molecular weight is 275 g/mol. The highest BCUT2D eigenvalue weighted by atomic mass is 32.2. The second-order valence-corrected chi connectivity index (χ2v) is 5.38. The molecule has 0 spiro atoms. The molecule has 0 aliphatic heterocycles. The minimum Gasteiger partial charge on any atom is -0.459 e. The molecule has 0 fully saturated rings. The highest BCUT2D eigenvalue weighted by molar-refractivity contribution is 7.98. The summed E-state index contributed by atoms with van der Waals surface area (Å²) in [6, 6.07) is 11.9. The minimum absolute atomic E-state index is 0.152. The number of hydrogen-bond donors (Lipinski definition) is 1. The second-order valence-electron chi connectivity index (χ2n) is 4.27. The zero-order valence-corrected chi connectivity index (χ0v) is 11.7. The molecule has 1 amide bonds. The third kappa shape index (κ3) is 4.48. The molecule has 2 rings (SSSR count). The number of rotatable bonds is 6. The van der Waals surface area contributed by atoms with Crippen LogP contribution in [0.15, 0.2) is 47.1 Å². The molecular weight excluding hydrogens is 258 g/mol. The first kappa shape index (κ1) is 13.7. The van der Waals surface area contributed by atoms with Crippen LogP contribution in [-0.2, 0) is 5.75 Å². The van der Waals surface area contributed by atoms with E-state index in [1.54, 1.807) is 23.9 Å². The van der Waals surface area contributed by atoms with E-state index in [2.05, 4.69) is 36.5 Å². The van der Waals surface area contributed by atoms with Crippen molar-refractivity contribution in [1.29, 1.82) is 0 Å². The SMILES string of the molecule is Cc1ccc(CSCCNC(=O)c2ccco2)cc1. The van der Waals surface area contributed by atoms with Gasteiger partial charge in [0.2, 0.25) is 0 Å². The van der Waals surface area contributed by atoms with E-state index in [9.17, 15) is 4.79 Å². The van der Waals surface area contributed by atoms with Crippen LogP contribution in [0, 0.1) is 6.92 Å². The Labute approximate surface area is 117 Å². The third-order valence-corrected chi connectivity index (χ3v) is 3.70. The maximum atomic E-state index is 11.6. The van der Waals surface area contributed by atoms with Crippen LogP contribution in [0.5, 0.6) is 0 Å². The van der Waals surface area contributed by atoms with E-state index in [1.165, 1.54) is 17.4 Å². The zero-order valence-electron chi connectivity index (χ0n) is 10.9. The number of hydrogen-bond acceptors (Lipinski definition) is 3. The lowest BCUT2D eigenvalue weighted by Crippen LogP contribution is -2.25. The van der Waals surface area contributed by atoms with Gasteiger partial charge in [0, 0.05) is 18.1 Å². The summed E-state index contributed by atoms with van der Waals surface area (Å²) in [6.45, 7) is 2.73. The second kappa shape index (κ2) is 7.04. The molecule has 0 aliphatic carbocycles. The van der Waals surface area contributed by atoms with Crippen molar-refractivity contribution in [2.75, 3.05) is 12.3 Å². The first-order valence-corrected chi connectivity index (χ1v) is 7.36. The number of carbonyl (C=O) groups excluding carboxylic acids is 1. The van der Waals surface area contributed by atoms with Gasteiger partial charge in [-0.15, -0.1) is 0 Å². The van der Waals surface area contributed by atoms with Gasteiger partial charge < -0.3 is 9.73 Å². The summed E-state index contributed by atoms with van der Waals surface area (Å²) in [6.07, 6.45) is 1.50. The molecule has 4 heteroatoms. The Morgan fingerprint density at radius 3 is 2.74 bits per heavy atom. The quantitative estimate of drug-likeness (QED) is 0.823. The number of thioether (sulfide) groups is 1. The maximum Gasteiger partial charge on any atom is 0.287 e. The molecule has 0 atom stereocenters. The molecule has 0 saturated carbocycles. The normalized spacial score (nSPS) is 10.4. The topological polar surface area (TPSA) is 42.2 Å². The van der Waals surface area contributed by atoms with Crippen molar-refractivity contribution >= 4 is 17.7 Å². The molecule has 1 heterocycles. The van der Waals surface area contributed by atoms with Gasteiger partial charge in [0.15, 0.2) is 5.76 Å². The van der Waals surface area contributed by atoms with Crippen LogP contribution in [0.2, 0.25) is 0 Å². The van der Waals surface area contributed by atoms with Gasteiger partial charge in [0.25, 0.3) is 5.91 Å². The van der Waals surface area contributed by atoms with Crippen molar-refractivity contribution < 1.29 is 9.21 Å². The Morgan fingerprint density at radius 1 is 1.26 bits per heavy atom. The summed E-state index contributed by atoms with van der Waals surface area (Å²) in [4.78, 5) is 11.6. The van der Waals surface area contributed by atoms with Crippen LogP contribution in [-0.4, -0.2) is 18.2 Å². The Morgan fingerprint density at radius 2 is 2.05 bits per heavy atom. The van der Waals surface area contributed by atoms with Crippen LogP contribution in [0.3, 0.4) is 0 Å². The average Bonchev–Trinajstić information content (AvgIpc) is 2.94. The summed E-state index contributed by atoms with van der Waals surface area (Å²) >= 11 is 1.81. The maximum absolute atomic E-state index is 11.6. The Hall–Kier alpha value is -1.68. The van der Waals surface area contributed by atoms with E-state index in [0.717, 1.165) is 11.5 Å². The van der Waals surface area contributed by atoms with Crippen LogP contribution in [0.1, 0.15) is 21.7 Å². The standard InChI is InChI=1S/C15H17NO2S/c1-12-4-6-13(7-5-12)11-19-10-8-16-15(17)14-3-2-9-18-14/h2-7,9H,8,10-11H2,1H3,(H,16,17). The minimum atomic E-state index is -0.152. The summed E-state index contributed by atoms with van der Waals surface area (Å²) in [5.74, 6) is 2.07. The summed E-state index contributed by atoms with van der Waals surface area (Å²) < 4.78 is 5.01. The van der Waals surface area contributed by atoms with E-state index in [0.29, 0.717) is 12.3 Å². The van der Waals surface area contributed by atoms with Gasteiger partial charge in [-0.2, -0.15) is 11.8 Å². The molecular formula is C15H17NO2S. The molecule has 1 N–H and O–H groups in total. The molecule has 0 radical (unpaired) electrons. The lowest BCUT2D eigenvalue weighted by molar-refractivity contribution is 0.0928. The molecule has 1 aromatic heterocycles. The van der Waals surface area contributed by atoms with Crippen molar-refractivity contribution in [2.45, 2.75) is 12.7 Å². The van der Waals surface area contributed by atoms with Gasteiger partial charge in [-0.25, -0.2) is 0 Å². The number of amides is 1. The summed E-state index contributed by atoms with van der Waals surface area (Å²) in [5, 5.41) is 2.83. The fourth-order valence-electron chi connectivity index (χ4n) is 1.61. The third-order valence-electron chi connectivity index (χ3n) is 2.67. The summed E-state index contributed by atoms with van der Waals surface area (Å²) in [7, 11) is 0. The van der Waals surface area contributed by atoms with Gasteiger partial charge >= 0.3 is 0 Å². The first-order chi connectivity index (χ1) is 9.25. The number of aryl methyl sites for hydroxylation is 1.